The molecule has 0 amide bonds. The molecule has 1 aromatic rings. The molecule has 1 aromatic carbocycles. The quantitative estimate of drug-likeness (QED) is 0.835. The van der Waals surface area contributed by atoms with Crippen LogP contribution in [0.4, 0.5) is 5.69 Å². The molecule has 0 heterocycles. The Labute approximate surface area is 111 Å². The molecule has 0 saturated carbocycles. The van der Waals surface area contributed by atoms with Crippen molar-refractivity contribution in [2.75, 3.05) is 5.32 Å². The Hall–Kier alpha value is -0.610. The van der Waals surface area contributed by atoms with Crippen molar-refractivity contribution in [1.82, 2.24) is 0 Å². The van der Waals surface area contributed by atoms with Gasteiger partial charge in [-0.3, -0.25) is 0 Å². The van der Waals surface area contributed by atoms with Crippen molar-refractivity contribution in [3.05, 3.63) is 28.2 Å². The van der Waals surface area contributed by atoms with Gasteiger partial charge in [-0.2, -0.15) is 0 Å². The molecule has 0 aliphatic heterocycles. The molecule has 3 N–H and O–H groups in total. The molecule has 2 nitrogen and oxygen atoms in total. The minimum absolute atomic E-state index is 0.377. The molecular formula is C12H17BrN2S. The van der Waals surface area contributed by atoms with Gasteiger partial charge in [0.05, 0.1) is 0 Å². The van der Waals surface area contributed by atoms with Crippen molar-refractivity contribution in [3.8, 4) is 0 Å². The number of thiocarbonyl (C=S) groups is 1. The number of nitrogens with one attached hydrogen (secondary N) is 1. The van der Waals surface area contributed by atoms with Gasteiger partial charge in [-0.1, -0.05) is 32.1 Å². The molecule has 4 heteroatoms. The van der Waals surface area contributed by atoms with E-state index in [1.54, 1.807) is 0 Å². The first-order valence-electron chi connectivity index (χ1n) is 5.28. The van der Waals surface area contributed by atoms with Crippen LogP contribution >= 0.6 is 28.1 Å². The van der Waals surface area contributed by atoms with Crippen LogP contribution in [0.5, 0.6) is 0 Å². The van der Waals surface area contributed by atoms with E-state index in [9.17, 15) is 0 Å². The number of benzene rings is 1. The first-order chi connectivity index (χ1) is 7.43. The molecule has 0 bridgehead atoms. The zero-order chi connectivity index (χ0) is 12.3. The van der Waals surface area contributed by atoms with Crippen molar-refractivity contribution in [2.45, 2.75) is 26.8 Å². The Kier molecular flexibility index (Phi) is 4.74. The highest BCUT2D eigenvalue weighted by molar-refractivity contribution is 9.10. The Morgan fingerprint density at radius 3 is 2.50 bits per heavy atom. The number of nitrogens with two attached hydrogens (primary N) is 1. The summed E-state index contributed by atoms with van der Waals surface area (Å²) < 4.78 is 0.931. The summed E-state index contributed by atoms with van der Waals surface area (Å²) in [6.07, 6.45) is 0. The molecule has 0 aliphatic rings. The number of anilines is 1. The molecule has 0 aromatic heterocycles. The summed E-state index contributed by atoms with van der Waals surface area (Å²) >= 11 is 8.53. The van der Waals surface area contributed by atoms with Crippen molar-refractivity contribution >= 4 is 38.8 Å². The Morgan fingerprint density at radius 2 is 2.00 bits per heavy atom. The molecule has 0 fully saturated rings. The van der Waals surface area contributed by atoms with Crippen LogP contribution in [0.25, 0.3) is 0 Å². The Balaban J connectivity index is 3.04. The topological polar surface area (TPSA) is 38.0 Å². The molecule has 0 saturated heterocycles. The zero-order valence-electron chi connectivity index (χ0n) is 9.75. The van der Waals surface area contributed by atoms with Crippen LogP contribution in [-0.4, -0.2) is 11.0 Å². The van der Waals surface area contributed by atoms with Gasteiger partial charge in [-0.15, -0.1) is 0 Å². The lowest BCUT2D eigenvalue weighted by molar-refractivity contribution is 0.560. The average Bonchev–Trinajstić information content (AvgIpc) is 2.16. The van der Waals surface area contributed by atoms with E-state index in [1.165, 1.54) is 0 Å². The van der Waals surface area contributed by atoms with Gasteiger partial charge in [0.15, 0.2) is 0 Å². The monoisotopic (exact) mass is 300 g/mol. The van der Waals surface area contributed by atoms with E-state index in [-0.39, 0.29) is 0 Å². The van der Waals surface area contributed by atoms with E-state index in [4.69, 9.17) is 18.0 Å². The van der Waals surface area contributed by atoms with E-state index in [2.05, 4.69) is 42.0 Å². The predicted octanol–water partition coefficient (Wildman–Crippen LogP) is 3.54. The van der Waals surface area contributed by atoms with E-state index >= 15 is 0 Å². The number of rotatable bonds is 4. The number of hydrogen-bond donors (Lipinski definition) is 2. The second kappa shape index (κ2) is 5.64. The first-order valence-corrected chi connectivity index (χ1v) is 6.48. The molecule has 1 unspecified atom stereocenters. The Bertz CT molecular complexity index is 391. The van der Waals surface area contributed by atoms with E-state index in [0.717, 1.165) is 15.7 Å². The van der Waals surface area contributed by atoms with Crippen molar-refractivity contribution in [1.29, 1.82) is 0 Å². The van der Waals surface area contributed by atoms with Gasteiger partial charge in [-0.05, 0) is 40.9 Å². The highest BCUT2D eigenvalue weighted by Crippen LogP contribution is 2.26. The van der Waals surface area contributed by atoms with Crippen LogP contribution in [0.15, 0.2) is 22.7 Å². The van der Waals surface area contributed by atoms with Crippen molar-refractivity contribution in [2.24, 2.45) is 11.7 Å². The van der Waals surface area contributed by atoms with Gasteiger partial charge >= 0.3 is 0 Å². The summed E-state index contributed by atoms with van der Waals surface area (Å²) in [7, 11) is 0. The normalized spacial score (nSPS) is 12.6. The van der Waals surface area contributed by atoms with Gasteiger partial charge in [0.2, 0.25) is 0 Å². The minimum atomic E-state index is 0.377. The molecule has 0 spiro atoms. The highest BCUT2D eigenvalue weighted by Gasteiger charge is 2.13. The zero-order valence-corrected chi connectivity index (χ0v) is 12.2. The van der Waals surface area contributed by atoms with Crippen LogP contribution in [0, 0.1) is 5.92 Å². The minimum Gasteiger partial charge on any atom is -0.389 e. The highest BCUT2D eigenvalue weighted by atomic mass is 79.9. The van der Waals surface area contributed by atoms with Crippen LogP contribution in [0.2, 0.25) is 0 Å². The lowest BCUT2D eigenvalue weighted by Crippen LogP contribution is -2.24. The smallest absolute Gasteiger partial charge is 0.107 e. The van der Waals surface area contributed by atoms with Gasteiger partial charge in [0, 0.05) is 21.8 Å². The van der Waals surface area contributed by atoms with Crippen molar-refractivity contribution in [3.63, 3.8) is 0 Å². The third kappa shape index (κ3) is 3.19. The van der Waals surface area contributed by atoms with Gasteiger partial charge in [0.1, 0.15) is 4.99 Å². The van der Waals surface area contributed by atoms with Crippen molar-refractivity contribution < 1.29 is 0 Å². The fraction of sp³-hybridized carbons (Fsp3) is 0.417. The van der Waals surface area contributed by atoms with E-state index in [1.807, 2.05) is 18.2 Å². The van der Waals surface area contributed by atoms with Gasteiger partial charge in [0.25, 0.3) is 0 Å². The lowest BCUT2D eigenvalue weighted by atomic mass is 10.1. The SMILES string of the molecule is CC(C)C(C)Nc1cccc(Br)c1C(N)=S. The molecule has 1 atom stereocenters. The summed E-state index contributed by atoms with van der Waals surface area (Å²) in [6.45, 7) is 6.50. The van der Waals surface area contributed by atoms with E-state index in [0.29, 0.717) is 16.9 Å². The largest absolute Gasteiger partial charge is 0.389 e. The molecule has 16 heavy (non-hydrogen) atoms. The Morgan fingerprint density at radius 1 is 1.38 bits per heavy atom. The summed E-state index contributed by atoms with van der Waals surface area (Å²) in [5, 5.41) is 3.43. The maximum Gasteiger partial charge on any atom is 0.107 e. The van der Waals surface area contributed by atoms with Crippen LogP contribution in [-0.2, 0) is 0 Å². The lowest BCUT2D eigenvalue weighted by Gasteiger charge is -2.21. The summed E-state index contributed by atoms with van der Waals surface area (Å²) in [6, 6.07) is 6.29. The third-order valence-corrected chi connectivity index (χ3v) is 3.51. The average molecular weight is 301 g/mol. The fourth-order valence-electron chi connectivity index (χ4n) is 1.31. The fourth-order valence-corrected chi connectivity index (χ4v) is 2.24. The number of hydrogen-bond acceptors (Lipinski definition) is 2. The predicted molar refractivity (Wildman–Crippen MR) is 78.0 cm³/mol. The van der Waals surface area contributed by atoms with Gasteiger partial charge < -0.3 is 11.1 Å². The molecule has 0 radical (unpaired) electrons. The molecule has 88 valence electrons. The first kappa shape index (κ1) is 13.5. The van der Waals surface area contributed by atoms with Crippen LogP contribution in [0.3, 0.4) is 0 Å². The van der Waals surface area contributed by atoms with Gasteiger partial charge in [-0.25, -0.2) is 0 Å². The second-order valence-electron chi connectivity index (χ2n) is 4.20. The van der Waals surface area contributed by atoms with Crippen LogP contribution in [0.1, 0.15) is 26.3 Å². The standard InChI is InChI=1S/C12H17BrN2S/c1-7(2)8(3)15-10-6-4-5-9(13)11(10)12(14)16/h4-8,15H,1-3H3,(H2,14,16). The molecule has 0 aliphatic carbocycles. The van der Waals surface area contributed by atoms with E-state index < -0.39 is 0 Å². The van der Waals surface area contributed by atoms with Crippen LogP contribution < -0.4 is 11.1 Å². The number of halogens is 1. The molecule has 1 rings (SSSR count). The summed E-state index contributed by atoms with van der Waals surface area (Å²) in [5.74, 6) is 0.554. The summed E-state index contributed by atoms with van der Waals surface area (Å²) in [4.78, 5) is 0.408. The third-order valence-electron chi connectivity index (χ3n) is 2.64. The maximum absolute atomic E-state index is 5.73. The molecular weight excluding hydrogens is 284 g/mol. The second-order valence-corrected chi connectivity index (χ2v) is 5.50. The maximum atomic E-state index is 5.73. The summed E-state index contributed by atoms with van der Waals surface area (Å²) in [5.41, 5.74) is 7.60.